The Hall–Kier alpha value is -6.12. The Kier molecular flexibility index (Phi) is 11.1. The fraction of sp³-hybridized carbons (Fsp3) is 0.429. The van der Waals surface area contributed by atoms with Crippen LogP contribution in [0.5, 0.6) is 0 Å². The third kappa shape index (κ3) is 7.83. The number of carbonyl (C=O) groups excluding carboxylic acids is 3. The zero-order valence-electron chi connectivity index (χ0n) is 33.1. The SMILES string of the molecule is COC(=O)NC(C(=O)N1CCCC1c1ncc(-c2ccc(-c3cc4cc(-c5cnc(C6CCCN6C(=O)[C@@H](C(C)C)N(C)C(=O)O)[nH]5)ccc4o3)cc2)[nH]1)C(C)C. The molecule has 3 unspecified atom stereocenters. The number of aromatic amines is 2. The van der Waals surface area contributed by atoms with Crippen molar-refractivity contribution in [1.82, 2.24) is 40.0 Å². The third-order valence-electron chi connectivity index (χ3n) is 11.2. The number of likely N-dealkylation sites (tertiary alicyclic amines) is 2. The van der Waals surface area contributed by atoms with E-state index in [0.29, 0.717) is 24.7 Å². The van der Waals surface area contributed by atoms with Crippen LogP contribution >= 0.6 is 0 Å². The van der Waals surface area contributed by atoms with Crippen molar-refractivity contribution in [3.8, 4) is 33.8 Å². The summed E-state index contributed by atoms with van der Waals surface area (Å²) in [7, 11) is 2.73. The summed E-state index contributed by atoms with van der Waals surface area (Å²) >= 11 is 0. The van der Waals surface area contributed by atoms with Gasteiger partial charge in [-0.25, -0.2) is 19.6 Å². The molecule has 15 nitrogen and oxygen atoms in total. The van der Waals surface area contributed by atoms with Gasteiger partial charge in [0.2, 0.25) is 11.8 Å². The smallest absolute Gasteiger partial charge is 0.407 e. The van der Waals surface area contributed by atoms with Crippen LogP contribution in [0.15, 0.2) is 65.3 Å². The van der Waals surface area contributed by atoms with E-state index in [1.165, 1.54) is 14.2 Å². The zero-order chi connectivity index (χ0) is 40.5. The number of likely N-dealkylation sites (N-methyl/N-ethyl adjacent to an activating group) is 1. The molecule has 0 spiro atoms. The maximum atomic E-state index is 13.6. The number of alkyl carbamates (subject to hydrolysis) is 1. The van der Waals surface area contributed by atoms with Crippen molar-refractivity contribution in [1.29, 1.82) is 0 Å². The van der Waals surface area contributed by atoms with Gasteiger partial charge in [-0.2, -0.15) is 0 Å². The molecule has 5 heterocycles. The number of methoxy groups -OCH3 is 1. The molecule has 2 saturated heterocycles. The third-order valence-corrected chi connectivity index (χ3v) is 11.2. The van der Waals surface area contributed by atoms with Gasteiger partial charge in [-0.1, -0.05) is 52.0 Å². The van der Waals surface area contributed by atoms with E-state index in [2.05, 4.69) is 25.3 Å². The van der Waals surface area contributed by atoms with Gasteiger partial charge in [0, 0.05) is 36.7 Å². The van der Waals surface area contributed by atoms with Gasteiger partial charge in [-0.3, -0.25) is 14.5 Å². The second-order valence-corrected chi connectivity index (χ2v) is 15.6. The topological polar surface area (TPSA) is 190 Å². The number of hydrogen-bond donors (Lipinski definition) is 4. The van der Waals surface area contributed by atoms with E-state index in [9.17, 15) is 24.3 Å². The Bertz CT molecular complexity index is 2260. The Morgan fingerprint density at radius 3 is 1.95 bits per heavy atom. The first-order valence-corrected chi connectivity index (χ1v) is 19.5. The summed E-state index contributed by atoms with van der Waals surface area (Å²) in [5.74, 6) is 1.44. The average molecular weight is 779 g/mol. The van der Waals surface area contributed by atoms with Crippen LogP contribution in [0.3, 0.4) is 0 Å². The monoisotopic (exact) mass is 778 g/mol. The Morgan fingerprint density at radius 1 is 0.825 bits per heavy atom. The van der Waals surface area contributed by atoms with Gasteiger partial charge >= 0.3 is 12.2 Å². The molecule has 5 aromatic rings. The van der Waals surface area contributed by atoms with Gasteiger partial charge in [0.1, 0.15) is 35.1 Å². The molecule has 2 aromatic carbocycles. The molecular formula is C42H50N8O7. The van der Waals surface area contributed by atoms with E-state index in [1.807, 2.05) is 76.2 Å². The first-order chi connectivity index (χ1) is 27.3. The molecule has 2 fully saturated rings. The molecule has 300 valence electrons. The molecule has 57 heavy (non-hydrogen) atoms. The van der Waals surface area contributed by atoms with Crippen molar-refractivity contribution in [2.24, 2.45) is 11.8 Å². The number of rotatable bonds is 11. The minimum absolute atomic E-state index is 0.115. The van der Waals surface area contributed by atoms with E-state index in [0.717, 1.165) is 75.4 Å². The highest BCUT2D eigenvalue weighted by atomic mass is 16.5. The quantitative estimate of drug-likeness (QED) is 0.107. The Labute approximate surface area is 330 Å². The van der Waals surface area contributed by atoms with Crippen LogP contribution in [0.2, 0.25) is 0 Å². The van der Waals surface area contributed by atoms with Crippen LogP contribution in [0.25, 0.3) is 44.8 Å². The van der Waals surface area contributed by atoms with Gasteiger partial charge in [0.25, 0.3) is 0 Å². The molecule has 2 aliphatic heterocycles. The second-order valence-electron chi connectivity index (χ2n) is 15.6. The lowest BCUT2D eigenvalue weighted by Crippen LogP contribution is -2.51. The first kappa shape index (κ1) is 39.1. The van der Waals surface area contributed by atoms with Gasteiger partial charge in [0.15, 0.2) is 0 Å². The van der Waals surface area contributed by atoms with Gasteiger partial charge < -0.3 is 39.3 Å². The van der Waals surface area contributed by atoms with Crippen LogP contribution in [-0.4, -0.2) is 103 Å². The zero-order valence-corrected chi connectivity index (χ0v) is 33.1. The number of aromatic nitrogens is 4. The lowest BCUT2D eigenvalue weighted by Gasteiger charge is -2.33. The number of H-pyrrole nitrogens is 2. The highest BCUT2D eigenvalue weighted by Crippen LogP contribution is 2.36. The van der Waals surface area contributed by atoms with Crippen LogP contribution in [0.4, 0.5) is 9.59 Å². The van der Waals surface area contributed by atoms with Crippen molar-refractivity contribution in [3.05, 3.63) is 72.6 Å². The summed E-state index contributed by atoms with van der Waals surface area (Å²) in [4.78, 5) is 71.7. The largest absolute Gasteiger partial charge is 0.465 e. The predicted octanol–water partition coefficient (Wildman–Crippen LogP) is 7.22. The molecule has 0 saturated carbocycles. The number of imidazole rings is 2. The summed E-state index contributed by atoms with van der Waals surface area (Å²) in [5, 5.41) is 13.2. The predicted molar refractivity (Wildman–Crippen MR) is 213 cm³/mol. The molecule has 4 atom stereocenters. The van der Waals surface area contributed by atoms with Crippen LogP contribution in [0.1, 0.15) is 77.1 Å². The van der Waals surface area contributed by atoms with Crippen molar-refractivity contribution in [2.75, 3.05) is 27.2 Å². The van der Waals surface area contributed by atoms with Gasteiger partial charge in [0.05, 0.1) is 43.0 Å². The lowest BCUT2D eigenvalue weighted by molar-refractivity contribution is -0.138. The van der Waals surface area contributed by atoms with Gasteiger partial charge in [-0.15, -0.1) is 0 Å². The van der Waals surface area contributed by atoms with E-state index < -0.39 is 24.3 Å². The lowest BCUT2D eigenvalue weighted by atomic mass is 10.0. The fourth-order valence-corrected chi connectivity index (χ4v) is 8.17. The van der Waals surface area contributed by atoms with E-state index in [4.69, 9.17) is 9.15 Å². The highest BCUT2D eigenvalue weighted by molar-refractivity contribution is 5.88. The summed E-state index contributed by atoms with van der Waals surface area (Å²) in [5.41, 5.74) is 5.14. The standard InChI is InChI=1S/C42H50N8O7/c1-23(2)35(47-41(53)56-6)39(51)49-17-7-9-31(49)37-43-21-29(45-37)25-11-13-26(14-12-25)34-20-28-19-27(15-16-33(28)57-34)30-22-44-38(46-30)32-10-8-18-50(32)40(52)36(24(3)4)48(5)42(54)55/h11-16,19-24,31-32,35-36H,7-10,17-18H2,1-6H3,(H,43,45)(H,44,46)(H,47,53)(H,54,55)/t31?,32?,35?,36-/m1/s1. The summed E-state index contributed by atoms with van der Waals surface area (Å²) in [6, 6.07) is 14.0. The van der Waals surface area contributed by atoms with Gasteiger partial charge in [-0.05, 0) is 67.3 Å². The van der Waals surface area contributed by atoms with Crippen molar-refractivity contribution >= 4 is 35.0 Å². The first-order valence-electron chi connectivity index (χ1n) is 19.5. The summed E-state index contributed by atoms with van der Waals surface area (Å²) in [6.45, 7) is 8.63. The number of furan rings is 1. The van der Waals surface area contributed by atoms with E-state index >= 15 is 0 Å². The number of hydrogen-bond acceptors (Lipinski definition) is 8. The van der Waals surface area contributed by atoms with Crippen LogP contribution in [0, 0.1) is 11.8 Å². The van der Waals surface area contributed by atoms with Crippen LogP contribution < -0.4 is 5.32 Å². The molecular weight excluding hydrogens is 729 g/mol. The van der Waals surface area contributed by atoms with E-state index in [1.54, 1.807) is 22.2 Å². The van der Waals surface area contributed by atoms with Crippen molar-refractivity contribution in [2.45, 2.75) is 77.5 Å². The Morgan fingerprint density at radius 2 is 1.39 bits per heavy atom. The Balaban J connectivity index is 1.04. The maximum absolute atomic E-state index is 13.6. The normalized spacial score (nSPS) is 18.0. The number of carboxylic acid groups (broad SMARTS) is 1. The second kappa shape index (κ2) is 16.2. The molecule has 4 amide bonds. The number of nitrogens with one attached hydrogen (secondary N) is 3. The minimum atomic E-state index is -1.13. The van der Waals surface area contributed by atoms with Crippen molar-refractivity contribution < 1.29 is 33.4 Å². The molecule has 0 bridgehead atoms. The molecule has 7 rings (SSSR count). The summed E-state index contributed by atoms with van der Waals surface area (Å²) in [6.07, 6.45) is 4.94. The molecule has 0 aliphatic carbocycles. The molecule has 0 radical (unpaired) electrons. The fourth-order valence-electron chi connectivity index (χ4n) is 8.17. The highest BCUT2D eigenvalue weighted by Gasteiger charge is 2.40. The average Bonchev–Trinajstić information content (AvgIpc) is 4.05. The van der Waals surface area contributed by atoms with Crippen LogP contribution in [-0.2, 0) is 14.3 Å². The number of ether oxygens (including phenoxy) is 1. The summed E-state index contributed by atoms with van der Waals surface area (Å²) < 4.78 is 11.0. The molecule has 15 heteroatoms. The van der Waals surface area contributed by atoms with E-state index in [-0.39, 0.29) is 35.7 Å². The molecule has 4 N–H and O–H groups in total. The number of amides is 4. The number of carbonyl (C=O) groups is 4. The van der Waals surface area contributed by atoms with Crippen molar-refractivity contribution in [3.63, 3.8) is 0 Å². The molecule has 3 aromatic heterocycles. The number of fused-ring (bicyclic) bond motifs is 1. The number of nitrogens with zero attached hydrogens (tertiary/aromatic N) is 5. The maximum Gasteiger partial charge on any atom is 0.407 e. The number of benzene rings is 2. The molecule has 2 aliphatic rings. The minimum Gasteiger partial charge on any atom is -0.465 e.